The van der Waals surface area contributed by atoms with Crippen LogP contribution in [0.25, 0.3) is 0 Å². The molecule has 2 heterocycles. The van der Waals surface area contributed by atoms with E-state index in [-0.39, 0.29) is 19.6 Å². The molecule has 2 rings (SSSR count). The second kappa shape index (κ2) is 45.4. The number of unbranched alkanes of at least 4 members (excludes halogenated alkanes) is 16. The smallest absolute Gasteiger partial charge is 0.306 e. The second-order valence-corrected chi connectivity index (χ2v) is 19.3. The topological polar surface area (TPSA) is 214 Å². The molecule has 0 radical (unpaired) electrons. The fourth-order valence-electron chi connectivity index (χ4n) is 8.41. The Morgan fingerprint density at radius 3 is 1.33 bits per heavy atom. The number of rotatable bonds is 44. The van der Waals surface area contributed by atoms with E-state index in [0.717, 1.165) is 103 Å². The summed E-state index contributed by atoms with van der Waals surface area (Å²) in [6.45, 7) is 3.42. The van der Waals surface area contributed by atoms with Gasteiger partial charge in [-0.3, -0.25) is 4.79 Å². The van der Waals surface area contributed by atoms with Crippen molar-refractivity contribution >= 4 is 5.97 Å². The number of hydrogen-bond acceptors (Lipinski definition) is 14. The minimum Gasteiger partial charge on any atom is -0.457 e. The van der Waals surface area contributed by atoms with Crippen LogP contribution in [0.2, 0.25) is 0 Å². The minimum absolute atomic E-state index is 0.0477. The van der Waals surface area contributed by atoms with Crippen LogP contribution in [-0.2, 0) is 33.2 Å². The number of allylic oxidation sites excluding steroid dienone is 14. The van der Waals surface area contributed by atoms with E-state index in [2.05, 4.69) is 98.9 Å². The molecule has 0 aromatic carbocycles. The summed E-state index contributed by atoms with van der Waals surface area (Å²) in [4.78, 5) is 13.0. The molecule has 73 heavy (non-hydrogen) atoms. The van der Waals surface area contributed by atoms with Crippen molar-refractivity contribution in [2.24, 2.45) is 0 Å². The lowest BCUT2D eigenvalue weighted by Gasteiger charge is -2.42. The first-order valence-electron chi connectivity index (χ1n) is 28.2. The molecule has 0 aliphatic carbocycles. The van der Waals surface area contributed by atoms with Gasteiger partial charge in [-0.1, -0.05) is 176 Å². The highest BCUT2D eigenvalue weighted by atomic mass is 16.7. The first-order chi connectivity index (χ1) is 35.6. The maximum Gasteiger partial charge on any atom is 0.306 e. The number of carbonyl (C=O) groups excluding carboxylic acids is 1. The zero-order valence-electron chi connectivity index (χ0n) is 44.8. The summed E-state index contributed by atoms with van der Waals surface area (Å²) in [6, 6.07) is 0. The highest BCUT2D eigenvalue weighted by molar-refractivity contribution is 5.69. The second-order valence-electron chi connectivity index (χ2n) is 19.3. The summed E-state index contributed by atoms with van der Waals surface area (Å²) in [5.74, 6) is -0.397. The third-order valence-corrected chi connectivity index (χ3v) is 12.9. The van der Waals surface area contributed by atoms with Gasteiger partial charge in [0, 0.05) is 13.0 Å². The lowest BCUT2D eigenvalue weighted by molar-refractivity contribution is -0.332. The fraction of sp³-hybridized carbons (Fsp3) is 0.746. The summed E-state index contributed by atoms with van der Waals surface area (Å²) in [5.41, 5.74) is 0. The van der Waals surface area contributed by atoms with Gasteiger partial charge in [-0.05, 0) is 83.5 Å². The van der Waals surface area contributed by atoms with Crippen LogP contribution in [0, 0.1) is 0 Å². The SMILES string of the molecule is CC/C=C\C/C=C\C/C=C\C/C=C\CCCCCCCCCCCCCOCC(COC1OC(COC2OC(CO)C(O)C(O)C2O)C(O)C(O)C1O)OC(=O)CCCCCCC/C=C\C/C=C\C/C=C\CC. The van der Waals surface area contributed by atoms with Crippen molar-refractivity contribution in [3.8, 4) is 0 Å². The van der Waals surface area contributed by atoms with Crippen LogP contribution in [0.1, 0.15) is 181 Å². The first-order valence-corrected chi connectivity index (χ1v) is 28.2. The van der Waals surface area contributed by atoms with Gasteiger partial charge in [0.2, 0.25) is 0 Å². The third kappa shape index (κ3) is 32.4. The maximum atomic E-state index is 13.0. The predicted molar refractivity (Wildman–Crippen MR) is 288 cm³/mol. The van der Waals surface area contributed by atoms with Gasteiger partial charge in [0.05, 0.1) is 26.4 Å². The van der Waals surface area contributed by atoms with E-state index >= 15 is 0 Å². The molecule has 420 valence electrons. The van der Waals surface area contributed by atoms with E-state index in [9.17, 15) is 40.5 Å². The molecule has 2 aliphatic heterocycles. The molecule has 0 spiro atoms. The van der Waals surface area contributed by atoms with Crippen molar-refractivity contribution in [1.29, 1.82) is 0 Å². The van der Waals surface area contributed by atoms with E-state index in [1.165, 1.54) is 51.4 Å². The van der Waals surface area contributed by atoms with Crippen molar-refractivity contribution in [1.82, 2.24) is 0 Å². The quantitative estimate of drug-likeness (QED) is 0.0172. The van der Waals surface area contributed by atoms with Gasteiger partial charge in [0.25, 0.3) is 0 Å². The van der Waals surface area contributed by atoms with Gasteiger partial charge < -0.3 is 64.2 Å². The van der Waals surface area contributed by atoms with Crippen LogP contribution in [-0.4, -0.2) is 142 Å². The molecule has 0 aromatic rings. The highest BCUT2D eigenvalue weighted by Crippen LogP contribution is 2.26. The molecule has 0 aromatic heterocycles. The minimum atomic E-state index is -1.71. The zero-order chi connectivity index (χ0) is 53.0. The molecule has 0 bridgehead atoms. The Morgan fingerprint density at radius 1 is 0.452 bits per heavy atom. The summed E-state index contributed by atoms with van der Waals surface area (Å²) < 4.78 is 34.3. The summed E-state index contributed by atoms with van der Waals surface area (Å²) in [6.07, 6.45) is 42.2. The Bertz CT molecular complexity index is 1530. The number of carbonyl (C=O) groups is 1. The number of hydrogen-bond donors (Lipinski definition) is 7. The Labute approximate surface area is 439 Å². The van der Waals surface area contributed by atoms with Gasteiger partial charge >= 0.3 is 5.97 Å². The number of aliphatic hydroxyl groups is 7. The fourth-order valence-corrected chi connectivity index (χ4v) is 8.41. The Morgan fingerprint density at radius 2 is 0.849 bits per heavy atom. The largest absolute Gasteiger partial charge is 0.457 e. The Hall–Kier alpha value is -2.83. The van der Waals surface area contributed by atoms with E-state index in [0.29, 0.717) is 13.0 Å². The van der Waals surface area contributed by atoms with E-state index in [4.69, 9.17) is 28.4 Å². The van der Waals surface area contributed by atoms with Gasteiger partial charge in [-0.2, -0.15) is 0 Å². The molecule has 0 saturated carbocycles. The van der Waals surface area contributed by atoms with E-state index < -0.39 is 86.7 Å². The molecule has 0 amide bonds. The van der Waals surface area contributed by atoms with Gasteiger partial charge in [-0.15, -0.1) is 0 Å². The molecule has 14 nitrogen and oxygen atoms in total. The zero-order valence-corrected chi connectivity index (χ0v) is 44.8. The number of aliphatic hydroxyl groups excluding tert-OH is 7. The molecule has 14 heteroatoms. The summed E-state index contributed by atoms with van der Waals surface area (Å²) >= 11 is 0. The van der Waals surface area contributed by atoms with Crippen molar-refractivity contribution < 1.29 is 69.0 Å². The Balaban J connectivity index is 1.71. The standard InChI is InChI=1S/C59H100O14/c1-3-5-7-9-11-13-15-17-19-20-21-22-23-24-25-26-27-29-31-33-35-37-39-41-43-68-45-48(71-51(61)42-40-38-36-34-32-30-28-18-16-14-12-10-8-6-4-2)46-69-58-57(67)55(65)53(63)50(73-58)47-70-59-56(66)54(64)52(62)49(44-60)72-59/h5-8,11-14,17-19,21-22,28,48-50,52-60,62-67H,3-4,9-10,15-16,20,23-27,29-47H2,1-2H3/b7-5-,8-6-,13-11-,14-12-,19-17-,22-21-,28-18-. The average Bonchev–Trinajstić information content (AvgIpc) is 3.39. The van der Waals surface area contributed by atoms with Crippen LogP contribution in [0.3, 0.4) is 0 Å². The van der Waals surface area contributed by atoms with Crippen LogP contribution < -0.4 is 0 Å². The molecule has 7 N–H and O–H groups in total. The summed E-state index contributed by atoms with van der Waals surface area (Å²) in [5, 5.41) is 72.3. The van der Waals surface area contributed by atoms with Gasteiger partial charge in [0.1, 0.15) is 54.9 Å². The summed E-state index contributed by atoms with van der Waals surface area (Å²) in [7, 11) is 0. The maximum absolute atomic E-state index is 13.0. The average molecular weight is 1030 g/mol. The molecular weight excluding hydrogens is 933 g/mol. The molecular formula is C59H100O14. The molecule has 11 unspecified atom stereocenters. The van der Waals surface area contributed by atoms with Gasteiger partial charge in [-0.25, -0.2) is 0 Å². The van der Waals surface area contributed by atoms with E-state index in [1.807, 2.05) is 0 Å². The van der Waals surface area contributed by atoms with Crippen molar-refractivity contribution in [2.75, 3.05) is 33.0 Å². The van der Waals surface area contributed by atoms with Crippen LogP contribution in [0.15, 0.2) is 85.1 Å². The van der Waals surface area contributed by atoms with Crippen LogP contribution in [0.5, 0.6) is 0 Å². The molecule has 2 saturated heterocycles. The first kappa shape index (κ1) is 66.3. The number of esters is 1. The lowest BCUT2D eigenvalue weighted by Crippen LogP contribution is -2.61. The molecule has 11 atom stereocenters. The highest BCUT2D eigenvalue weighted by Gasteiger charge is 2.47. The molecule has 2 fully saturated rings. The molecule has 2 aliphatic rings. The van der Waals surface area contributed by atoms with Crippen LogP contribution >= 0.6 is 0 Å². The van der Waals surface area contributed by atoms with E-state index in [1.54, 1.807) is 0 Å². The third-order valence-electron chi connectivity index (χ3n) is 12.9. The van der Waals surface area contributed by atoms with Gasteiger partial charge in [0.15, 0.2) is 12.6 Å². The van der Waals surface area contributed by atoms with Crippen LogP contribution in [0.4, 0.5) is 0 Å². The number of ether oxygens (including phenoxy) is 6. The monoisotopic (exact) mass is 1030 g/mol. The van der Waals surface area contributed by atoms with Crippen molar-refractivity contribution in [2.45, 2.75) is 248 Å². The van der Waals surface area contributed by atoms with Crippen molar-refractivity contribution in [3.63, 3.8) is 0 Å². The normalized spacial score (nSPS) is 25.6. The Kier molecular flexibility index (Phi) is 41.2. The van der Waals surface area contributed by atoms with Crippen molar-refractivity contribution in [3.05, 3.63) is 85.1 Å². The predicted octanol–water partition coefficient (Wildman–Crippen LogP) is 9.63. The lowest BCUT2D eigenvalue weighted by atomic mass is 9.98.